The molecular weight excluding hydrogens is 456 g/mol. The highest BCUT2D eigenvalue weighted by Crippen LogP contribution is 2.34. The number of fused-ring (bicyclic) bond motifs is 1. The van der Waals surface area contributed by atoms with Crippen LogP contribution in [-0.4, -0.2) is 75.9 Å². The molecule has 1 atom stereocenters. The number of rotatable bonds is 9. The Morgan fingerprint density at radius 1 is 0.971 bits per heavy atom. The zero-order valence-corrected chi connectivity index (χ0v) is 21.1. The standard InChI is InChI=1S/C26H34N2O5.ClH/c1-30-21-8-4-9-22(16-21)33-14-6-12-27-11-5-7-20(18-27)28-13-10-19-15-24(31-2)25(32-3)17-23(19)26(28)29;/h4,8-9,15-17,20H,5-7,10-14,18H2,1-3H3;1H. The van der Waals surface area contributed by atoms with Gasteiger partial charge >= 0.3 is 0 Å². The number of carbonyl (C=O) groups is 1. The number of hydrogen-bond donors (Lipinski definition) is 0. The van der Waals surface area contributed by atoms with Gasteiger partial charge in [0.1, 0.15) is 11.5 Å². The van der Waals surface area contributed by atoms with Gasteiger partial charge in [0.15, 0.2) is 11.5 Å². The molecular formula is C26H35ClN2O5. The fraction of sp³-hybridized carbons (Fsp3) is 0.500. The van der Waals surface area contributed by atoms with Gasteiger partial charge in [0.2, 0.25) is 0 Å². The highest BCUT2D eigenvalue weighted by molar-refractivity contribution is 5.97. The van der Waals surface area contributed by atoms with E-state index in [4.69, 9.17) is 18.9 Å². The third kappa shape index (κ3) is 5.88. The smallest absolute Gasteiger partial charge is 0.254 e. The molecule has 186 valence electrons. The molecule has 4 rings (SSSR count). The summed E-state index contributed by atoms with van der Waals surface area (Å²) in [6.45, 7) is 4.35. The number of nitrogens with zero attached hydrogens (tertiary/aromatic N) is 2. The highest BCUT2D eigenvalue weighted by Gasteiger charge is 2.33. The number of methoxy groups -OCH3 is 3. The molecule has 2 aliphatic rings. The summed E-state index contributed by atoms with van der Waals surface area (Å²) in [6.07, 6.45) is 3.93. The largest absolute Gasteiger partial charge is 0.497 e. The molecule has 2 aliphatic heterocycles. The van der Waals surface area contributed by atoms with Gasteiger partial charge in [-0.25, -0.2) is 0 Å². The lowest BCUT2D eigenvalue weighted by molar-refractivity contribution is 0.0517. The first-order chi connectivity index (χ1) is 16.1. The molecule has 1 amide bonds. The minimum atomic E-state index is 0. The van der Waals surface area contributed by atoms with Crippen LogP contribution in [0.1, 0.15) is 35.2 Å². The monoisotopic (exact) mass is 490 g/mol. The van der Waals surface area contributed by atoms with Gasteiger partial charge in [0.25, 0.3) is 5.91 Å². The zero-order valence-electron chi connectivity index (χ0n) is 20.2. The maximum Gasteiger partial charge on any atom is 0.254 e. The number of amides is 1. The molecule has 0 aromatic heterocycles. The molecule has 34 heavy (non-hydrogen) atoms. The second kappa shape index (κ2) is 12.2. The zero-order chi connectivity index (χ0) is 23.2. The molecule has 1 saturated heterocycles. The topological polar surface area (TPSA) is 60.5 Å². The molecule has 0 bridgehead atoms. The fourth-order valence-electron chi connectivity index (χ4n) is 4.83. The minimum Gasteiger partial charge on any atom is -0.497 e. The van der Waals surface area contributed by atoms with Crippen LogP contribution in [-0.2, 0) is 6.42 Å². The van der Waals surface area contributed by atoms with Gasteiger partial charge in [-0.1, -0.05) is 6.07 Å². The summed E-state index contributed by atoms with van der Waals surface area (Å²) in [4.78, 5) is 17.9. The van der Waals surface area contributed by atoms with E-state index in [1.54, 1.807) is 21.3 Å². The fourth-order valence-corrected chi connectivity index (χ4v) is 4.83. The predicted molar refractivity (Wildman–Crippen MR) is 134 cm³/mol. The molecule has 1 unspecified atom stereocenters. The number of halogens is 1. The van der Waals surface area contributed by atoms with Crippen molar-refractivity contribution in [3.63, 3.8) is 0 Å². The van der Waals surface area contributed by atoms with E-state index < -0.39 is 0 Å². The molecule has 0 spiro atoms. The lowest BCUT2D eigenvalue weighted by atomic mass is 9.94. The molecule has 7 nitrogen and oxygen atoms in total. The quantitative estimate of drug-likeness (QED) is 0.494. The Balaban J connectivity index is 0.00000324. The number of carbonyl (C=O) groups excluding carboxylic acids is 1. The van der Waals surface area contributed by atoms with Gasteiger partial charge in [-0.3, -0.25) is 4.79 Å². The van der Waals surface area contributed by atoms with E-state index in [0.717, 1.165) is 74.5 Å². The highest BCUT2D eigenvalue weighted by atomic mass is 35.5. The van der Waals surface area contributed by atoms with Crippen LogP contribution in [0.5, 0.6) is 23.0 Å². The second-order valence-electron chi connectivity index (χ2n) is 8.59. The molecule has 0 N–H and O–H groups in total. The van der Waals surface area contributed by atoms with E-state index in [1.165, 1.54) is 0 Å². The van der Waals surface area contributed by atoms with Gasteiger partial charge in [-0.2, -0.15) is 0 Å². The van der Waals surface area contributed by atoms with E-state index in [2.05, 4.69) is 9.80 Å². The summed E-state index contributed by atoms with van der Waals surface area (Å²) in [5.41, 5.74) is 1.78. The van der Waals surface area contributed by atoms with E-state index in [-0.39, 0.29) is 24.4 Å². The average Bonchev–Trinajstić information content (AvgIpc) is 2.86. The van der Waals surface area contributed by atoms with Crippen LogP contribution in [0.2, 0.25) is 0 Å². The van der Waals surface area contributed by atoms with Gasteiger partial charge in [-0.15, -0.1) is 12.4 Å². The van der Waals surface area contributed by atoms with Crippen molar-refractivity contribution in [3.8, 4) is 23.0 Å². The first-order valence-corrected chi connectivity index (χ1v) is 11.7. The Morgan fingerprint density at radius 2 is 1.74 bits per heavy atom. The van der Waals surface area contributed by atoms with E-state index in [1.807, 2.05) is 36.4 Å². The Kier molecular flexibility index (Phi) is 9.30. The lowest BCUT2D eigenvalue weighted by Crippen LogP contribution is -2.52. The van der Waals surface area contributed by atoms with E-state index in [0.29, 0.717) is 18.1 Å². The number of likely N-dealkylation sites (tertiary alicyclic amines) is 1. The van der Waals surface area contributed by atoms with Crippen molar-refractivity contribution in [1.82, 2.24) is 9.80 Å². The van der Waals surface area contributed by atoms with Crippen LogP contribution < -0.4 is 18.9 Å². The molecule has 2 heterocycles. The first-order valence-electron chi connectivity index (χ1n) is 11.7. The molecule has 8 heteroatoms. The van der Waals surface area contributed by atoms with Crippen LogP contribution in [0.25, 0.3) is 0 Å². The molecule has 0 saturated carbocycles. The van der Waals surface area contributed by atoms with Gasteiger partial charge < -0.3 is 28.7 Å². The van der Waals surface area contributed by atoms with Crippen LogP contribution in [0.4, 0.5) is 0 Å². The molecule has 0 radical (unpaired) electrons. The summed E-state index contributed by atoms with van der Waals surface area (Å²) in [7, 11) is 4.89. The van der Waals surface area contributed by atoms with Crippen LogP contribution in [0, 0.1) is 0 Å². The third-order valence-corrected chi connectivity index (χ3v) is 6.57. The van der Waals surface area contributed by atoms with Gasteiger partial charge in [-0.05, 0) is 62.1 Å². The maximum atomic E-state index is 13.3. The van der Waals surface area contributed by atoms with Crippen molar-refractivity contribution in [2.24, 2.45) is 0 Å². The maximum absolute atomic E-state index is 13.3. The first kappa shape index (κ1) is 26.0. The van der Waals surface area contributed by atoms with E-state index in [9.17, 15) is 4.79 Å². The summed E-state index contributed by atoms with van der Waals surface area (Å²) in [5, 5.41) is 0. The molecule has 1 fully saturated rings. The molecule has 0 aliphatic carbocycles. The number of ether oxygens (including phenoxy) is 4. The Morgan fingerprint density at radius 3 is 2.50 bits per heavy atom. The normalized spacial score (nSPS) is 18.0. The van der Waals surface area contributed by atoms with Crippen molar-refractivity contribution >= 4 is 18.3 Å². The molecule has 2 aromatic carbocycles. The summed E-state index contributed by atoms with van der Waals surface area (Å²) >= 11 is 0. The summed E-state index contributed by atoms with van der Waals surface area (Å²) < 4.78 is 22.0. The third-order valence-electron chi connectivity index (χ3n) is 6.57. The van der Waals surface area contributed by atoms with Gasteiger partial charge in [0.05, 0.1) is 27.9 Å². The summed E-state index contributed by atoms with van der Waals surface area (Å²) in [5.74, 6) is 3.02. The average molecular weight is 491 g/mol. The Bertz CT molecular complexity index is 970. The van der Waals surface area contributed by atoms with Crippen molar-refractivity contribution in [3.05, 3.63) is 47.5 Å². The van der Waals surface area contributed by atoms with Crippen molar-refractivity contribution in [2.75, 3.05) is 54.1 Å². The van der Waals surface area contributed by atoms with Gasteiger partial charge in [0, 0.05) is 37.3 Å². The number of hydrogen-bond acceptors (Lipinski definition) is 6. The van der Waals surface area contributed by atoms with Crippen molar-refractivity contribution in [2.45, 2.75) is 31.7 Å². The SMILES string of the molecule is COc1cccc(OCCCN2CCCC(N3CCc4cc(OC)c(OC)cc4C3=O)C2)c1.Cl. The molecule has 2 aromatic rings. The summed E-state index contributed by atoms with van der Waals surface area (Å²) in [6, 6.07) is 11.7. The number of piperidine rings is 1. The van der Waals surface area contributed by atoms with Crippen molar-refractivity contribution in [1.29, 1.82) is 0 Å². The number of benzene rings is 2. The van der Waals surface area contributed by atoms with Crippen LogP contribution >= 0.6 is 12.4 Å². The van der Waals surface area contributed by atoms with E-state index >= 15 is 0 Å². The predicted octanol–water partition coefficient (Wildman–Crippen LogP) is 4.07. The minimum absolute atomic E-state index is 0. The Labute approximate surface area is 208 Å². The van der Waals surface area contributed by atoms with Crippen LogP contribution in [0.15, 0.2) is 36.4 Å². The van der Waals surface area contributed by atoms with Crippen molar-refractivity contribution < 1.29 is 23.7 Å². The lowest BCUT2D eigenvalue weighted by Gasteiger charge is -2.41. The second-order valence-corrected chi connectivity index (χ2v) is 8.59. The Hall–Kier alpha value is -2.64. The van der Waals surface area contributed by atoms with Crippen LogP contribution in [0.3, 0.4) is 0 Å².